The molecule has 0 aliphatic carbocycles. The van der Waals surface area contributed by atoms with E-state index in [1.807, 2.05) is 23.9 Å². The molecule has 0 radical (unpaired) electrons. The van der Waals surface area contributed by atoms with Crippen LogP contribution in [0.25, 0.3) is 0 Å². The Labute approximate surface area is 130 Å². The smallest absolute Gasteiger partial charge is 0.0461 e. The van der Waals surface area contributed by atoms with Crippen molar-refractivity contribution in [2.24, 2.45) is 5.92 Å². The standard InChI is InChI=1S/C15H21Cl2NS/c1-4-7-18-14-13-10(8-19-15(14)9(2)3)11(16)5-6-12(13)17/h5-6,9,14-15,18H,4,7-8H2,1-3H3. The van der Waals surface area contributed by atoms with Gasteiger partial charge in [0.05, 0.1) is 0 Å². The van der Waals surface area contributed by atoms with Gasteiger partial charge in [-0.1, -0.05) is 44.0 Å². The monoisotopic (exact) mass is 317 g/mol. The van der Waals surface area contributed by atoms with Gasteiger partial charge < -0.3 is 5.32 Å². The largest absolute Gasteiger partial charge is 0.309 e. The van der Waals surface area contributed by atoms with Gasteiger partial charge in [0.1, 0.15) is 0 Å². The third kappa shape index (κ3) is 3.24. The Balaban J connectivity index is 2.42. The second kappa shape index (κ2) is 6.71. The zero-order chi connectivity index (χ0) is 14.0. The number of benzene rings is 1. The lowest BCUT2D eigenvalue weighted by molar-refractivity contribution is 0.438. The molecular formula is C15H21Cl2NS. The molecule has 0 fully saturated rings. The van der Waals surface area contributed by atoms with Crippen LogP contribution in [-0.4, -0.2) is 11.8 Å². The summed E-state index contributed by atoms with van der Waals surface area (Å²) in [6.45, 7) is 7.76. The predicted molar refractivity (Wildman–Crippen MR) is 87.4 cm³/mol. The molecule has 0 amide bonds. The molecule has 1 aromatic rings. The van der Waals surface area contributed by atoms with Gasteiger partial charge in [0.25, 0.3) is 0 Å². The van der Waals surface area contributed by atoms with E-state index in [-0.39, 0.29) is 0 Å². The molecule has 2 atom stereocenters. The van der Waals surface area contributed by atoms with Gasteiger partial charge in [-0.05, 0) is 42.1 Å². The summed E-state index contributed by atoms with van der Waals surface area (Å²) >= 11 is 14.8. The lowest BCUT2D eigenvalue weighted by Crippen LogP contribution is -2.37. The summed E-state index contributed by atoms with van der Waals surface area (Å²) in [5.41, 5.74) is 2.43. The minimum absolute atomic E-state index is 0.305. The molecule has 106 valence electrons. The van der Waals surface area contributed by atoms with E-state index in [0.29, 0.717) is 17.2 Å². The second-order valence-electron chi connectivity index (χ2n) is 5.37. The Kier molecular flexibility index (Phi) is 5.47. The highest BCUT2D eigenvalue weighted by molar-refractivity contribution is 7.99. The maximum atomic E-state index is 6.45. The van der Waals surface area contributed by atoms with Crippen molar-refractivity contribution < 1.29 is 0 Å². The van der Waals surface area contributed by atoms with Gasteiger partial charge in [-0.2, -0.15) is 11.8 Å². The molecule has 0 aromatic heterocycles. The molecule has 1 heterocycles. The van der Waals surface area contributed by atoms with Crippen LogP contribution in [0.1, 0.15) is 44.4 Å². The third-order valence-electron chi connectivity index (χ3n) is 3.58. The molecule has 4 heteroatoms. The first-order chi connectivity index (χ1) is 9.06. The predicted octanol–water partition coefficient (Wildman–Crippen LogP) is 5.31. The SMILES string of the molecule is CCCNC1c2c(Cl)ccc(Cl)c2CSC1C(C)C. The van der Waals surface area contributed by atoms with Crippen LogP contribution in [-0.2, 0) is 5.75 Å². The molecule has 1 aliphatic rings. The Morgan fingerprint density at radius 2 is 2.00 bits per heavy atom. The van der Waals surface area contributed by atoms with Crippen LogP contribution in [0.3, 0.4) is 0 Å². The fraction of sp³-hybridized carbons (Fsp3) is 0.600. The second-order valence-corrected chi connectivity index (χ2v) is 7.35. The average Bonchev–Trinajstić information content (AvgIpc) is 2.39. The molecular weight excluding hydrogens is 297 g/mol. The maximum absolute atomic E-state index is 6.45. The number of hydrogen-bond donors (Lipinski definition) is 1. The summed E-state index contributed by atoms with van der Waals surface area (Å²) in [7, 11) is 0. The average molecular weight is 318 g/mol. The molecule has 1 N–H and O–H groups in total. The van der Waals surface area contributed by atoms with Crippen LogP contribution in [0.5, 0.6) is 0 Å². The summed E-state index contributed by atoms with van der Waals surface area (Å²) in [4.78, 5) is 0. The van der Waals surface area contributed by atoms with Crippen molar-refractivity contribution in [2.75, 3.05) is 6.54 Å². The van der Waals surface area contributed by atoms with Crippen molar-refractivity contribution in [1.29, 1.82) is 0 Å². The number of rotatable bonds is 4. The van der Waals surface area contributed by atoms with E-state index in [4.69, 9.17) is 23.2 Å². The Bertz CT molecular complexity index is 448. The summed E-state index contributed by atoms with van der Waals surface area (Å²) < 4.78 is 0. The first-order valence-electron chi connectivity index (χ1n) is 6.88. The quantitative estimate of drug-likeness (QED) is 0.808. The van der Waals surface area contributed by atoms with Gasteiger partial charge in [-0.25, -0.2) is 0 Å². The van der Waals surface area contributed by atoms with Crippen LogP contribution in [0.15, 0.2) is 12.1 Å². The van der Waals surface area contributed by atoms with Gasteiger partial charge in [-0.3, -0.25) is 0 Å². The van der Waals surface area contributed by atoms with Crippen molar-refractivity contribution in [2.45, 2.75) is 44.2 Å². The van der Waals surface area contributed by atoms with Crippen LogP contribution >= 0.6 is 35.0 Å². The summed E-state index contributed by atoms with van der Waals surface area (Å²) in [5.74, 6) is 1.57. The van der Waals surface area contributed by atoms with Crippen LogP contribution in [0.2, 0.25) is 10.0 Å². The minimum Gasteiger partial charge on any atom is -0.309 e. The molecule has 1 nitrogen and oxygen atoms in total. The minimum atomic E-state index is 0.305. The summed E-state index contributed by atoms with van der Waals surface area (Å²) in [6, 6.07) is 4.15. The number of fused-ring (bicyclic) bond motifs is 1. The molecule has 0 spiro atoms. The normalized spacial score (nSPS) is 22.6. The number of thioether (sulfide) groups is 1. The fourth-order valence-corrected chi connectivity index (χ4v) is 4.71. The lowest BCUT2D eigenvalue weighted by atomic mass is 9.92. The van der Waals surface area contributed by atoms with Crippen molar-refractivity contribution in [3.05, 3.63) is 33.3 Å². The maximum Gasteiger partial charge on any atom is 0.0461 e. The highest BCUT2D eigenvalue weighted by Crippen LogP contribution is 2.46. The topological polar surface area (TPSA) is 12.0 Å². The molecule has 2 rings (SSSR count). The molecule has 0 saturated heterocycles. The molecule has 19 heavy (non-hydrogen) atoms. The highest BCUT2D eigenvalue weighted by atomic mass is 35.5. The van der Waals surface area contributed by atoms with E-state index in [9.17, 15) is 0 Å². The van der Waals surface area contributed by atoms with E-state index in [0.717, 1.165) is 28.8 Å². The van der Waals surface area contributed by atoms with Gasteiger partial charge in [0.15, 0.2) is 0 Å². The van der Waals surface area contributed by atoms with Crippen LogP contribution < -0.4 is 5.32 Å². The molecule has 1 aliphatic heterocycles. The molecule has 1 aromatic carbocycles. The fourth-order valence-electron chi connectivity index (χ4n) is 2.63. The van der Waals surface area contributed by atoms with Gasteiger partial charge >= 0.3 is 0 Å². The number of halogens is 2. The van der Waals surface area contributed by atoms with E-state index in [1.165, 1.54) is 11.1 Å². The van der Waals surface area contributed by atoms with Gasteiger partial charge in [-0.15, -0.1) is 0 Å². The Hall–Kier alpha value is 0.110. The van der Waals surface area contributed by atoms with Gasteiger partial charge in [0.2, 0.25) is 0 Å². The Morgan fingerprint density at radius 3 is 2.63 bits per heavy atom. The van der Waals surface area contributed by atoms with Gasteiger partial charge in [0, 0.05) is 27.1 Å². The first-order valence-corrected chi connectivity index (χ1v) is 8.68. The van der Waals surface area contributed by atoms with Crippen molar-refractivity contribution in [3.8, 4) is 0 Å². The van der Waals surface area contributed by atoms with Crippen molar-refractivity contribution in [3.63, 3.8) is 0 Å². The summed E-state index contributed by atoms with van der Waals surface area (Å²) in [6.07, 6.45) is 1.12. The third-order valence-corrected chi connectivity index (χ3v) is 5.92. The lowest BCUT2D eigenvalue weighted by Gasteiger charge is -2.37. The van der Waals surface area contributed by atoms with E-state index in [1.54, 1.807) is 0 Å². The zero-order valence-corrected chi connectivity index (χ0v) is 14.0. The van der Waals surface area contributed by atoms with E-state index >= 15 is 0 Å². The van der Waals surface area contributed by atoms with E-state index in [2.05, 4.69) is 26.1 Å². The zero-order valence-electron chi connectivity index (χ0n) is 11.7. The highest BCUT2D eigenvalue weighted by Gasteiger charge is 2.34. The summed E-state index contributed by atoms with van der Waals surface area (Å²) in [5, 5.41) is 5.91. The van der Waals surface area contributed by atoms with E-state index < -0.39 is 0 Å². The van der Waals surface area contributed by atoms with Crippen LogP contribution in [0.4, 0.5) is 0 Å². The number of nitrogens with one attached hydrogen (secondary N) is 1. The van der Waals surface area contributed by atoms with Crippen molar-refractivity contribution in [1.82, 2.24) is 5.32 Å². The Morgan fingerprint density at radius 1 is 1.32 bits per heavy atom. The number of hydrogen-bond acceptors (Lipinski definition) is 2. The molecule has 2 unspecified atom stereocenters. The first kappa shape index (κ1) is 15.5. The molecule has 0 bridgehead atoms. The molecule has 0 saturated carbocycles. The van der Waals surface area contributed by atoms with Crippen LogP contribution in [0, 0.1) is 5.92 Å². The van der Waals surface area contributed by atoms with Crippen molar-refractivity contribution >= 4 is 35.0 Å².